The molecule has 0 aliphatic rings. The van der Waals surface area contributed by atoms with Gasteiger partial charge in [-0.05, 0) is 20.3 Å². The fourth-order valence-corrected chi connectivity index (χ4v) is 1.73. The highest BCUT2D eigenvalue weighted by Crippen LogP contribution is 2.19. The van der Waals surface area contributed by atoms with E-state index in [9.17, 15) is 14.9 Å². The molecule has 1 aromatic rings. The van der Waals surface area contributed by atoms with Crippen molar-refractivity contribution in [3.05, 3.63) is 27.9 Å². The molecule has 0 radical (unpaired) electrons. The Kier molecular flexibility index (Phi) is 4.80. The molecule has 1 rings (SSSR count). The quantitative estimate of drug-likeness (QED) is 0.647. The molecule has 0 saturated carbocycles. The highest BCUT2D eigenvalue weighted by atomic mass is 16.6. The number of nitrogen functional groups attached to an aromatic ring is 1. The Labute approximate surface area is 111 Å². The van der Waals surface area contributed by atoms with Gasteiger partial charge in [-0.25, -0.2) is 4.98 Å². The third kappa shape index (κ3) is 3.40. The summed E-state index contributed by atoms with van der Waals surface area (Å²) in [5.41, 5.74) is 5.49. The van der Waals surface area contributed by atoms with Gasteiger partial charge in [0.15, 0.2) is 0 Å². The normalized spacial score (nSPS) is 10.5. The third-order valence-corrected chi connectivity index (χ3v) is 2.69. The Hall–Kier alpha value is -2.18. The van der Waals surface area contributed by atoms with Crippen LogP contribution in [0, 0.1) is 10.1 Å². The van der Waals surface area contributed by atoms with E-state index < -0.39 is 4.92 Å². The van der Waals surface area contributed by atoms with Crippen LogP contribution in [0.2, 0.25) is 0 Å². The van der Waals surface area contributed by atoms with Gasteiger partial charge >= 0.3 is 0 Å². The molecule has 0 unspecified atom stereocenters. The van der Waals surface area contributed by atoms with Crippen LogP contribution < -0.4 is 5.73 Å². The number of aromatic nitrogens is 1. The molecule has 0 aliphatic carbocycles. The number of nitro groups is 1. The van der Waals surface area contributed by atoms with Crippen molar-refractivity contribution >= 4 is 17.4 Å². The molecule has 0 bridgehead atoms. The largest absolute Gasteiger partial charge is 0.383 e. The molecule has 0 fully saturated rings. The van der Waals surface area contributed by atoms with Gasteiger partial charge in [0.2, 0.25) is 0 Å². The van der Waals surface area contributed by atoms with E-state index in [0.29, 0.717) is 6.54 Å². The highest BCUT2D eigenvalue weighted by molar-refractivity contribution is 5.99. The van der Waals surface area contributed by atoms with E-state index in [0.717, 1.165) is 12.6 Å². The molecule has 0 saturated heterocycles. The van der Waals surface area contributed by atoms with Crippen LogP contribution >= 0.6 is 0 Å². The number of carbonyl (C=O) groups is 1. The van der Waals surface area contributed by atoms with Crippen LogP contribution in [0.5, 0.6) is 0 Å². The first kappa shape index (κ1) is 14.9. The number of nitrogens with zero attached hydrogens (tertiary/aromatic N) is 3. The second-order valence-corrected chi connectivity index (χ2v) is 4.48. The summed E-state index contributed by atoms with van der Waals surface area (Å²) in [5, 5.41) is 10.7. The number of hydrogen-bond donors (Lipinski definition) is 1. The first-order valence-electron chi connectivity index (χ1n) is 6.09. The first-order chi connectivity index (χ1) is 8.88. The summed E-state index contributed by atoms with van der Waals surface area (Å²) < 4.78 is 0. The standard InChI is InChI=1S/C12H18N4O3/c1-4-5-15(8(2)3)12(17)10-6-9(16(18)19)7-14-11(10)13/h6-8H,4-5H2,1-3H3,(H2,13,14). The topological polar surface area (TPSA) is 102 Å². The van der Waals surface area contributed by atoms with Gasteiger partial charge in [-0.1, -0.05) is 6.92 Å². The Morgan fingerprint density at radius 1 is 1.58 bits per heavy atom. The Balaban J connectivity index is 3.16. The third-order valence-electron chi connectivity index (χ3n) is 2.69. The van der Waals surface area contributed by atoms with Gasteiger partial charge in [0.05, 0.1) is 10.5 Å². The minimum absolute atomic E-state index is 0.00823. The minimum Gasteiger partial charge on any atom is -0.383 e. The van der Waals surface area contributed by atoms with Crippen LogP contribution in [0.15, 0.2) is 12.3 Å². The van der Waals surface area contributed by atoms with Crippen molar-refractivity contribution in [2.75, 3.05) is 12.3 Å². The van der Waals surface area contributed by atoms with E-state index in [1.165, 1.54) is 6.07 Å². The molecular formula is C12H18N4O3. The summed E-state index contributed by atoms with van der Waals surface area (Å²) in [7, 11) is 0. The molecular weight excluding hydrogens is 248 g/mol. The minimum atomic E-state index is -0.594. The van der Waals surface area contributed by atoms with Crippen LogP contribution in [0.4, 0.5) is 11.5 Å². The van der Waals surface area contributed by atoms with Crippen LogP contribution in [0.25, 0.3) is 0 Å². The zero-order chi connectivity index (χ0) is 14.6. The molecule has 0 aliphatic heterocycles. The summed E-state index contributed by atoms with van der Waals surface area (Å²) in [6, 6.07) is 1.17. The van der Waals surface area contributed by atoms with Crippen molar-refractivity contribution in [3.63, 3.8) is 0 Å². The monoisotopic (exact) mass is 266 g/mol. The van der Waals surface area contributed by atoms with Crippen molar-refractivity contribution in [3.8, 4) is 0 Å². The van der Waals surface area contributed by atoms with E-state index in [2.05, 4.69) is 4.98 Å². The van der Waals surface area contributed by atoms with E-state index in [-0.39, 0.29) is 29.0 Å². The average Bonchev–Trinajstić information content (AvgIpc) is 2.35. The average molecular weight is 266 g/mol. The smallest absolute Gasteiger partial charge is 0.288 e. The second kappa shape index (κ2) is 6.12. The van der Waals surface area contributed by atoms with Crippen molar-refractivity contribution in [2.45, 2.75) is 33.2 Å². The lowest BCUT2D eigenvalue weighted by Gasteiger charge is -2.26. The zero-order valence-corrected chi connectivity index (χ0v) is 11.3. The number of hydrogen-bond acceptors (Lipinski definition) is 5. The van der Waals surface area contributed by atoms with Gasteiger partial charge in [-0.3, -0.25) is 14.9 Å². The van der Waals surface area contributed by atoms with Gasteiger partial charge in [0, 0.05) is 18.7 Å². The summed E-state index contributed by atoms with van der Waals surface area (Å²) in [5.74, 6) is -0.317. The number of pyridine rings is 1. The Morgan fingerprint density at radius 2 is 2.21 bits per heavy atom. The predicted octanol–water partition coefficient (Wildman–Crippen LogP) is 1.83. The van der Waals surface area contributed by atoms with Crippen molar-refractivity contribution in [2.24, 2.45) is 0 Å². The first-order valence-corrected chi connectivity index (χ1v) is 6.09. The number of carbonyl (C=O) groups excluding carboxylic acids is 1. The number of nitrogens with two attached hydrogens (primary N) is 1. The number of amides is 1. The SMILES string of the molecule is CCCN(C(=O)c1cc([N+](=O)[O-])cnc1N)C(C)C. The lowest BCUT2D eigenvalue weighted by atomic mass is 10.1. The van der Waals surface area contributed by atoms with Gasteiger partial charge in [-0.15, -0.1) is 0 Å². The van der Waals surface area contributed by atoms with Crippen LogP contribution in [-0.4, -0.2) is 33.3 Å². The molecule has 104 valence electrons. The summed E-state index contributed by atoms with van der Waals surface area (Å²) in [4.78, 5) is 27.8. The predicted molar refractivity (Wildman–Crippen MR) is 71.8 cm³/mol. The lowest BCUT2D eigenvalue weighted by molar-refractivity contribution is -0.385. The van der Waals surface area contributed by atoms with Crippen molar-refractivity contribution < 1.29 is 9.72 Å². The fraction of sp³-hybridized carbons (Fsp3) is 0.500. The zero-order valence-electron chi connectivity index (χ0n) is 11.3. The fourth-order valence-electron chi connectivity index (χ4n) is 1.73. The molecule has 1 heterocycles. The van der Waals surface area contributed by atoms with E-state index >= 15 is 0 Å². The maximum atomic E-state index is 12.4. The molecule has 19 heavy (non-hydrogen) atoms. The van der Waals surface area contributed by atoms with Crippen molar-refractivity contribution in [1.82, 2.24) is 9.88 Å². The van der Waals surface area contributed by atoms with E-state index in [1.807, 2.05) is 20.8 Å². The van der Waals surface area contributed by atoms with Gasteiger partial charge in [-0.2, -0.15) is 0 Å². The summed E-state index contributed by atoms with van der Waals surface area (Å²) in [6.07, 6.45) is 1.85. The van der Waals surface area contributed by atoms with E-state index in [1.54, 1.807) is 4.90 Å². The van der Waals surface area contributed by atoms with Gasteiger partial charge in [0.25, 0.3) is 11.6 Å². The van der Waals surface area contributed by atoms with Gasteiger partial charge < -0.3 is 10.6 Å². The Morgan fingerprint density at radius 3 is 2.68 bits per heavy atom. The molecule has 7 heteroatoms. The van der Waals surface area contributed by atoms with Crippen LogP contribution in [-0.2, 0) is 0 Å². The lowest BCUT2D eigenvalue weighted by Crippen LogP contribution is -2.38. The molecule has 7 nitrogen and oxygen atoms in total. The molecule has 0 atom stereocenters. The molecule has 0 aromatic carbocycles. The molecule has 1 aromatic heterocycles. The maximum Gasteiger partial charge on any atom is 0.288 e. The van der Waals surface area contributed by atoms with Crippen molar-refractivity contribution in [1.29, 1.82) is 0 Å². The maximum absolute atomic E-state index is 12.4. The highest BCUT2D eigenvalue weighted by Gasteiger charge is 2.23. The van der Waals surface area contributed by atoms with Gasteiger partial charge in [0.1, 0.15) is 12.0 Å². The van der Waals surface area contributed by atoms with Crippen LogP contribution in [0.1, 0.15) is 37.6 Å². The second-order valence-electron chi connectivity index (χ2n) is 4.48. The number of anilines is 1. The Bertz CT molecular complexity index is 488. The summed E-state index contributed by atoms with van der Waals surface area (Å²) >= 11 is 0. The molecule has 0 spiro atoms. The van der Waals surface area contributed by atoms with E-state index in [4.69, 9.17) is 5.73 Å². The summed E-state index contributed by atoms with van der Waals surface area (Å²) in [6.45, 7) is 6.29. The molecule has 2 N–H and O–H groups in total. The van der Waals surface area contributed by atoms with Crippen LogP contribution in [0.3, 0.4) is 0 Å². The molecule has 1 amide bonds. The number of rotatable bonds is 5.